The fourth-order valence-corrected chi connectivity index (χ4v) is 8.33. The number of nitrogens with zero attached hydrogens (tertiary/aromatic N) is 6. The summed E-state index contributed by atoms with van der Waals surface area (Å²) in [6.07, 6.45) is -1.27. The Labute approximate surface area is 597 Å². The smallest absolute Gasteiger partial charge is 0.248 e. The van der Waals surface area contributed by atoms with E-state index >= 15 is 4.79 Å². The van der Waals surface area contributed by atoms with E-state index in [0.29, 0.717) is 12.8 Å². The third kappa shape index (κ3) is 56.3. The van der Waals surface area contributed by atoms with Crippen molar-refractivity contribution in [3.8, 4) is 0 Å². The van der Waals surface area contributed by atoms with Gasteiger partial charge in [-0.1, -0.05) is 6.42 Å². The number of nitrogens with one attached hydrogen (secondary N) is 10. The molecule has 1 atom stereocenters. The Morgan fingerprint density at radius 2 is 0.573 bits per heavy atom. The molecular formula is C57H113N29O17. The second-order valence-corrected chi connectivity index (χ2v) is 22.5. The maximum atomic E-state index is 15.2. The lowest BCUT2D eigenvalue weighted by Crippen LogP contribution is -2.62. The first-order valence-corrected chi connectivity index (χ1v) is 33.0. The fourth-order valence-electron chi connectivity index (χ4n) is 8.33. The lowest BCUT2D eigenvalue weighted by Gasteiger charge is -2.36. The van der Waals surface area contributed by atoms with Gasteiger partial charge in [0.15, 0.2) is 35.8 Å². The van der Waals surface area contributed by atoms with Crippen molar-refractivity contribution in [3.63, 3.8) is 0 Å². The van der Waals surface area contributed by atoms with Crippen LogP contribution in [0.4, 0.5) is 0 Å². The van der Waals surface area contributed by atoms with Crippen LogP contribution in [0.5, 0.6) is 0 Å². The molecule has 0 rings (SSSR count). The SMILES string of the molecule is NOCC(=O)NCCCCCC(=O)N[C@@H](CCC(=O)NC(COCCC(=O)NCCN=C(N)N)(COCCC(=O)NCCN=C(N)N)COCCC(=O)NCCN=C(N)N)C(=O)NC(COCCC(=O)NCCN=C(N)N)(COCCC(=O)NCCN=C(N)N)COCCC(=O)NCCN=C(N)N. The summed E-state index contributed by atoms with van der Waals surface area (Å²) in [4.78, 5) is 160. The minimum atomic E-state index is -1.78. The molecule has 0 aromatic carbocycles. The first-order valence-electron chi connectivity index (χ1n) is 33.0. The maximum absolute atomic E-state index is 15.2. The van der Waals surface area contributed by atoms with Crippen molar-refractivity contribution in [1.82, 2.24) is 53.2 Å². The number of amides is 10. The normalized spacial score (nSPS) is 11.2. The number of carbonyl (C=O) groups excluding carboxylic acids is 10. The van der Waals surface area contributed by atoms with Gasteiger partial charge in [-0.3, -0.25) is 82.7 Å². The van der Waals surface area contributed by atoms with Crippen LogP contribution < -0.4 is 128 Å². The molecule has 588 valence electrons. The van der Waals surface area contributed by atoms with Gasteiger partial charge in [0.2, 0.25) is 59.1 Å². The molecule has 0 aliphatic carbocycles. The zero-order chi connectivity index (χ0) is 76.9. The van der Waals surface area contributed by atoms with Crippen LogP contribution in [0.2, 0.25) is 0 Å². The summed E-state index contributed by atoms with van der Waals surface area (Å²) >= 11 is 0. The van der Waals surface area contributed by atoms with Gasteiger partial charge >= 0.3 is 0 Å². The summed E-state index contributed by atoms with van der Waals surface area (Å²) in [5, 5.41) is 27.0. The third-order valence-electron chi connectivity index (χ3n) is 13.2. The Kier molecular flexibility index (Phi) is 52.9. The van der Waals surface area contributed by atoms with Crippen LogP contribution in [0.1, 0.15) is 77.0 Å². The third-order valence-corrected chi connectivity index (χ3v) is 13.2. The molecule has 0 saturated carbocycles. The van der Waals surface area contributed by atoms with Crippen molar-refractivity contribution >= 4 is 94.8 Å². The number of carbonyl (C=O) groups is 10. The summed E-state index contributed by atoms with van der Waals surface area (Å²) < 4.78 is 36.3. The lowest BCUT2D eigenvalue weighted by atomic mass is 10.00. The molecule has 0 fully saturated rings. The summed E-state index contributed by atoms with van der Waals surface area (Å²) in [5.74, 6) is -1.68. The monoisotopic (exact) mass is 1480 g/mol. The molecule has 0 aliphatic rings. The first kappa shape index (κ1) is 93.0. The van der Waals surface area contributed by atoms with Gasteiger partial charge in [0.05, 0.1) is 119 Å². The molecular weight excluding hydrogens is 1360 g/mol. The number of hydrogen-bond acceptors (Lipinski definition) is 24. The molecule has 36 N–H and O–H groups in total. The van der Waals surface area contributed by atoms with Gasteiger partial charge in [-0.05, 0) is 19.3 Å². The molecule has 0 aromatic heterocycles. The van der Waals surface area contributed by atoms with Crippen LogP contribution in [-0.2, 0) is 81.2 Å². The van der Waals surface area contributed by atoms with E-state index in [9.17, 15) is 43.2 Å². The number of rotatable bonds is 63. The van der Waals surface area contributed by atoms with Gasteiger partial charge in [-0.2, -0.15) is 0 Å². The molecule has 0 unspecified atom stereocenters. The van der Waals surface area contributed by atoms with Crippen molar-refractivity contribution in [2.75, 3.05) is 171 Å². The largest absolute Gasteiger partial charge is 0.378 e. The van der Waals surface area contributed by atoms with Gasteiger partial charge in [-0.15, -0.1) is 0 Å². The van der Waals surface area contributed by atoms with Crippen LogP contribution in [0.15, 0.2) is 30.0 Å². The molecule has 103 heavy (non-hydrogen) atoms. The zero-order valence-corrected chi connectivity index (χ0v) is 58.6. The molecule has 0 aromatic rings. The number of aliphatic imine (C=N–C) groups is 6. The van der Waals surface area contributed by atoms with Gasteiger partial charge in [0, 0.05) is 97.2 Å². The van der Waals surface area contributed by atoms with E-state index in [4.69, 9.17) is 103 Å². The molecule has 0 aliphatic heterocycles. The van der Waals surface area contributed by atoms with Gasteiger partial charge in [0.25, 0.3) is 0 Å². The first-order chi connectivity index (χ1) is 49.1. The predicted molar refractivity (Wildman–Crippen MR) is 379 cm³/mol. The predicted octanol–water partition coefficient (Wildman–Crippen LogP) is -12.7. The van der Waals surface area contributed by atoms with Crippen molar-refractivity contribution in [1.29, 1.82) is 0 Å². The second-order valence-electron chi connectivity index (χ2n) is 22.5. The summed E-state index contributed by atoms with van der Waals surface area (Å²) in [6.45, 7) is -3.36. The standard InChI is InChI=1S/C57H113N29O17/c58-50(59)78-20-14-72-40(87)7-26-97-33-56(34-98-27-8-41(88)73-15-21-79-51(60)61,35-99-28-9-42(89)74-16-22-80-52(62)63)85-47(94)6-5-39(84-46(93)4-2-1-3-13-71-48(95)32-103-70)49(96)86-57(36-100-29-10-43(90)75-17-23-81-53(64)65,37-101-30-11-44(91)76-18-24-82-54(66)67)38-102-31-12-45(92)77-19-25-83-55(68)69/h39H,1-38,70H2,(H,71,95)(H,72,87)(H,73,88)(H,74,89)(H,75,90)(H,76,91)(H,77,92)(H,84,93)(H,85,94)(H,86,96)(H4,58,59,78)(H4,60,61,79)(H4,62,63,80)(H4,64,65,81)(H4,66,67,82)(H4,68,69,83)/t39-/m0/s1. The summed E-state index contributed by atoms with van der Waals surface area (Å²) in [7, 11) is 0. The lowest BCUT2D eigenvalue weighted by molar-refractivity contribution is -0.135. The van der Waals surface area contributed by atoms with Crippen molar-refractivity contribution in [3.05, 3.63) is 0 Å². The number of guanidine groups is 6. The van der Waals surface area contributed by atoms with E-state index in [-0.39, 0.29) is 218 Å². The topological polar surface area (TPSA) is 768 Å². The van der Waals surface area contributed by atoms with Gasteiger partial charge in [-0.25, -0.2) is 5.90 Å². The van der Waals surface area contributed by atoms with E-state index in [0.717, 1.165) is 0 Å². The highest BCUT2D eigenvalue weighted by Crippen LogP contribution is 2.16. The van der Waals surface area contributed by atoms with E-state index in [1.165, 1.54) is 0 Å². The van der Waals surface area contributed by atoms with E-state index in [1.54, 1.807) is 0 Å². The number of unbranched alkanes of at least 4 members (excludes halogenated alkanes) is 2. The highest BCUT2D eigenvalue weighted by molar-refractivity contribution is 5.89. The Morgan fingerprint density at radius 1 is 0.301 bits per heavy atom. The average molecular weight is 1480 g/mol. The molecule has 0 spiro atoms. The number of hydrogen-bond donors (Lipinski definition) is 23. The van der Waals surface area contributed by atoms with Crippen LogP contribution in [-0.4, -0.2) is 283 Å². The fraction of sp³-hybridized carbons (Fsp3) is 0.719. The molecule has 0 bridgehead atoms. The van der Waals surface area contributed by atoms with Crippen LogP contribution in [0, 0.1) is 0 Å². The van der Waals surface area contributed by atoms with Crippen LogP contribution in [0.3, 0.4) is 0 Å². The molecule has 0 saturated heterocycles. The van der Waals surface area contributed by atoms with Crippen LogP contribution >= 0.6 is 0 Å². The minimum absolute atomic E-state index is 0.0758. The van der Waals surface area contributed by atoms with Crippen LogP contribution in [0.25, 0.3) is 0 Å². The van der Waals surface area contributed by atoms with Crippen molar-refractivity contribution < 1.29 is 81.2 Å². The van der Waals surface area contributed by atoms with Crippen molar-refractivity contribution in [2.24, 2.45) is 105 Å². The maximum Gasteiger partial charge on any atom is 0.248 e. The van der Waals surface area contributed by atoms with E-state index < -0.39 is 129 Å². The molecule has 46 heteroatoms. The Balaban J connectivity index is 7.73. The Bertz CT molecular complexity index is 2490. The summed E-state index contributed by atoms with van der Waals surface area (Å²) in [5.41, 5.74) is 61.3. The molecule has 0 radical (unpaired) electrons. The molecule has 10 amide bonds. The molecule has 0 heterocycles. The van der Waals surface area contributed by atoms with Crippen molar-refractivity contribution in [2.45, 2.75) is 94.2 Å². The highest BCUT2D eigenvalue weighted by atomic mass is 16.6. The highest BCUT2D eigenvalue weighted by Gasteiger charge is 2.38. The van der Waals surface area contributed by atoms with E-state index in [2.05, 4.69) is 88.0 Å². The molecule has 46 nitrogen and oxygen atoms in total. The van der Waals surface area contributed by atoms with Gasteiger partial charge < -0.3 is 150 Å². The summed E-state index contributed by atoms with van der Waals surface area (Å²) in [6, 6.07) is -1.57. The average Bonchev–Trinajstić information content (AvgIpc) is 0.844. The Hall–Kier alpha value is -10.0. The number of nitrogens with two attached hydrogens (primary N) is 13. The van der Waals surface area contributed by atoms with E-state index in [1.807, 2.05) is 0 Å². The minimum Gasteiger partial charge on any atom is -0.378 e. The van der Waals surface area contributed by atoms with Gasteiger partial charge in [0.1, 0.15) is 23.7 Å². The zero-order valence-electron chi connectivity index (χ0n) is 58.6. The number of ether oxygens (including phenoxy) is 6. The second kappa shape index (κ2) is 58.6. The Morgan fingerprint density at radius 3 is 0.845 bits per heavy atom. The quantitative estimate of drug-likeness (QED) is 0.0116.